The highest BCUT2D eigenvalue weighted by Gasteiger charge is 2.81. The minimum absolute atomic E-state index is 0.182. The number of rotatable bonds is 6. The van der Waals surface area contributed by atoms with Crippen molar-refractivity contribution in [2.45, 2.75) is 23.9 Å². The topological polar surface area (TPSA) is 59.4 Å². The number of carbonyl (C=O) groups is 1. The van der Waals surface area contributed by atoms with Crippen LogP contribution in [-0.4, -0.2) is 34.1 Å². The molecule has 0 fully saturated rings. The van der Waals surface area contributed by atoms with E-state index in [4.69, 9.17) is 9.84 Å². The number of carboxylic acid groups (broad SMARTS) is 1. The highest BCUT2D eigenvalue weighted by atomic mass is 19.4. The maximum absolute atomic E-state index is 13.8. The highest BCUT2D eigenvalue weighted by Crippen LogP contribution is 2.56. The molecule has 0 unspecified atom stereocenters. The fourth-order valence-electron chi connectivity index (χ4n) is 1.98. The summed E-state index contributed by atoms with van der Waals surface area (Å²) in [5.74, 6) is -21.5. The van der Waals surface area contributed by atoms with Crippen LogP contribution in [0, 0.1) is 0 Å². The van der Waals surface area contributed by atoms with Crippen molar-refractivity contribution in [3.05, 3.63) is 53.7 Å². The molecule has 1 aromatic carbocycles. The molecule has 0 radical (unpaired) electrons. The van der Waals surface area contributed by atoms with Crippen LogP contribution in [0.3, 0.4) is 0 Å². The van der Waals surface area contributed by atoms with Gasteiger partial charge in [-0.3, -0.25) is 0 Å². The molecule has 13 heteroatoms. The second-order valence-electron chi connectivity index (χ2n) is 5.54. The molecule has 29 heavy (non-hydrogen) atoms. The first kappa shape index (κ1) is 22.3. The van der Waals surface area contributed by atoms with Crippen LogP contribution in [0.15, 0.2) is 42.6 Å². The van der Waals surface area contributed by atoms with Crippen LogP contribution in [-0.2, 0) is 5.92 Å². The van der Waals surface area contributed by atoms with Gasteiger partial charge in [-0.1, -0.05) is 0 Å². The second-order valence-corrected chi connectivity index (χ2v) is 5.54. The number of aromatic nitrogens is 1. The Hall–Kier alpha value is -2.99. The van der Waals surface area contributed by atoms with E-state index in [2.05, 4.69) is 4.98 Å². The fraction of sp³-hybridized carbons (Fsp3) is 0.250. The SMILES string of the molecule is O=C(O)c1ccc(Oc2ccc(C(F)(F)C(F)(F)C(F)(F)C(F)(F)F)cc2)nc1. The quantitative estimate of drug-likeness (QED) is 0.612. The van der Waals surface area contributed by atoms with E-state index in [1.54, 1.807) is 0 Å². The average Bonchev–Trinajstić information content (AvgIpc) is 2.61. The maximum atomic E-state index is 13.8. The molecule has 1 heterocycles. The van der Waals surface area contributed by atoms with E-state index in [1.807, 2.05) is 0 Å². The molecule has 0 aliphatic carbocycles. The molecule has 0 saturated heterocycles. The Morgan fingerprint density at radius 1 is 0.828 bits per heavy atom. The summed E-state index contributed by atoms with van der Waals surface area (Å²) in [6.45, 7) is 0. The Morgan fingerprint density at radius 2 is 1.38 bits per heavy atom. The van der Waals surface area contributed by atoms with Gasteiger partial charge in [0.15, 0.2) is 0 Å². The monoisotopic (exact) mass is 433 g/mol. The summed E-state index contributed by atoms with van der Waals surface area (Å²) in [6.07, 6.45) is -6.02. The summed E-state index contributed by atoms with van der Waals surface area (Å²) < 4.78 is 122. The molecule has 2 aromatic rings. The van der Waals surface area contributed by atoms with Gasteiger partial charge in [-0.2, -0.15) is 39.5 Å². The van der Waals surface area contributed by atoms with Crippen molar-refractivity contribution in [3.63, 3.8) is 0 Å². The number of pyridine rings is 1. The Morgan fingerprint density at radius 3 is 1.79 bits per heavy atom. The van der Waals surface area contributed by atoms with Gasteiger partial charge in [0, 0.05) is 17.8 Å². The van der Waals surface area contributed by atoms with Gasteiger partial charge in [0.2, 0.25) is 5.88 Å². The summed E-state index contributed by atoms with van der Waals surface area (Å²) in [6, 6.07) is 3.73. The molecular formula is C16H8F9NO3. The van der Waals surface area contributed by atoms with Gasteiger partial charge in [0.1, 0.15) is 5.75 Å². The second kappa shape index (κ2) is 7.12. The van der Waals surface area contributed by atoms with E-state index in [9.17, 15) is 44.3 Å². The van der Waals surface area contributed by atoms with Crippen molar-refractivity contribution >= 4 is 5.97 Å². The Labute approximate surface area is 155 Å². The molecule has 0 aliphatic rings. The van der Waals surface area contributed by atoms with E-state index in [1.165, 1.54) is 0 Å². The normalized spacial score (nSPS) is 13.3. The maximum Gasteiger partial charge on any atom is 0.460 e. The van der Waals surface area contributed by atoms with Gasteiger partial charge in [-0.15, -0.1) is 0 Å². The van der Waals surface area contributed by atoms with Crippen molar-refractivity contribution in [2.75, 3.05) is 0 Å². The Balaban J connectivity index is 2.27. The number of hydrogen-bond donors (Lipinski definition) is 1. The van der Waals surface area contributed by atoms with Gasteiger partial charge in [0.05, 0.1) is 5.56 Å². The van der Waals surface area contributed by atoms with E-state index >= 15 is 0 Å². The van der Waals surface area contributed by atoms with Crippen LogP contribution in [0.5, 0.6) is 11.6 Å². The number of hydrogen-bond acceptors (Lipinski definition) is 3. The van der Waals surface area contributed by atoms with Crippen molar-refractivity contribution in [1.82, 2.24) is 4.98 Å². The van der Waals surface area contributed by atoms with E-state index in [0.717, 1.165) is 18.3 Å². The molecular weight excluding hydrogens is 425 g/mol. The third-order valence-corrected chi connectivity index (χ3v) is 3.57. The van der Waals surface area contributed by atoms with Crippen LogP contribution in [0.25, 0.3) is 0 Å². The zero-order chi connectivity index (χ0) is 22.3. The van der Waals surface area contributed by atoms with Crippen LogP contribution in [0.1, 0.15) is 15.9 Å². The van der Waals surface area contributed by atoms with E-state index < -0.39 is 35.5 Å². The lowest BCUT2D eigenvalue weighted by molar-refractivity contribution is -0.399. The number of carboxylic acids is 1. The lowest BCUT2D eigenvalue weighted by Gasteiger charge is -2.33. The minimum Gasteiger partial charge on any atom is -0.478 e. The van der Waals surface area contributed by atoms with Gasteiger partial charge in [0.25, 0.3) is 0 Å². The molecule has 0 atom stereocenters. The molecule has 4 nitrogen and oxygen atoms in total. The minimum atomic E-state index is -6.99. The molecule has 0 bridgehead atoms. The summed E-state index contributed by atoms with van der Waals surface area (Å²) >= 11 is 0. The highest BCUT2D eigenvalue weighted by molar-refractivity contribution is 5.87. The molecule has 1 aromatic heterocycles. The van der Waals surface area contributed by atoms with Crippen LogP contribution in [0.2, 0.25) is 0 Å². The largest absolute Gasteiger partial charge is 0.478 e. The van der Waals surface area contributed by atoms with Crippen LogP contribution >= 0.6 is 0 Å². The third kappa shape index (κ3) is 3.93. The standard InChI is InChI=1S/C16H8F9NO3/c17-13(18,14(19,20)15(21,22)16(23,24)25)9-2-4-10(5-3-9)29-11-6-1-8(7-26-11)12(27)28/h1-7H,(H,27,28). The molecule has 158 valence electrons. The first-order chi connectivity index (χ1) is 13.1. The number of ether oxygens (including phenoxy) is 1. The Bertz CT molecular complexity index is 878. The molecule has 0 aliphatic heterocycles. The van der Waals surface area contributed by atoms with E-state index in [-0.39, 0.29) is 29.3 Å². The van der Waals surface area contributed by atoms with Gasteiger partial charge in [-0.25, -0.2) is 9.78 Å². The van der Waals surface area contributed by atoms with Crippen molar-refractivity contribution < 1.29 is 54.2 Å². The van der Waals surface area contributed by atoms with Gasteiger partial charge >= 0.3 is 29.9 Å². The zero-order valence-corrected chi connectivity index (χ0v) is 13.7. The lowest BCUT2D eigenvalue weighted by Crippen LogP contribution is -2.59. The number of alkyl halides is 9. The average molecular weight is 433 g/mol. The predicted molar refractivity (Wildman–Crippen MR) is 77.6 cm³/mol. The first-order valence-corrected chi connectivity index (χ1v) is 7.29. The summed E-state index contributed by atoms with van der Waals surface area (Å²) in [5.41, 5.74) is -2.02. The molecule has 2 rings (SSSR count). The first-order valence-electron chi connectivity index (χ1n) is 7.29. The molecule has 0 spiro atoms. The molecule has 1 N–H and O–H groups in total. The predicted octanol–water partition coefficient (Wildman–Crippen LogP) is 5.50. The van der Waals surface area contributed by atoms with E-state index in [0.29, 0.717) is 12.1 Å². The summed E-state index contributed by atoms with van der Waals surface area (Å²) in [7, 11) is 0. The lowest BCUT2D eigenvalue weighted by atomic mass is 9.97. The van der Waals surface area contributed by atoms with Crippen molar-refractivity contribution in [1.29, 1.82) is 0 Å². The molecule has 0 amide bonds. The fourth-order valence-corrected chi connectivity index (χ4v) is 1.98. The Kier molecular flexibility index (Phi) is 5.47. The zero-order valence-electron chi connectivity index (χ0n) is 13.7. The van der Waals surface area contributed by atoms with Crippen molar-refractivity contribution in [2.24, 2.45) is 0 Å². The van der Waals surface area contributed by atoms with Gasteiger partial charge < -0.3 is 9.84 Å². The van der Waals surface area contributed by atoms with Crippen LogP contribution < -0.4 is 4.74 Å². The van der Waals surface area contributed by atoms with Crippen molar-refractivity contribution in [3.8, 4) is 11.6 Å². The number of benzene rings is 1. The van der Waals surface area contributed by atoms with Crippen LogP contribution in [0.4, 0.5) is 39.5 Å². The number of aromatic carboxylic acids is 1. The number of halogens is 9. The molecule has 0 saturated carbocycles. The summed E-state index contributed by atoms with van der Waals surface area (Å²) in [4.78, 5) is 14.2. The number of nitrogens with zero attached hydrogens (tertiary/aromatic N) is 1. The smallest absolute Gasteiger partial charge is 0.460 e. The summed E-state index contributed by atoms with van der Waals surface area (Å²) in [5, 5.41) is 8.71. The third-order valence-electron chi connectivity index (χ3n) is 3.57. The van der Waals surface area contributed by atoms with Gasteiger partial charge in [-0.05, 0) is 30.3 Å².